The Bertz CT molecular complexity index is 831. The van der Waals surface area contributed by atoms with E-state index in [1.165, 1.54) is 21.6 Å². The van der Waals surface area contributed by atoms with E-state index in [0.29, 0.717) is 10.3 Å². The fourth-order valence-electron chi connectivity index (χ4n) is 2.07. The number of nitrogens with zero attached hydrogens (tertiary/aromatic N) is 4. The second-order valence-electron chi connectivity index (χ2n) is 7.35. The largest absolute Gasteiger partial charge is 0.497 e. The molecule has 0 aliphatic rings. The number of amides is 2. The van der Waals surface area contributed by atoms with Crippen LogP contribution in [0.25, 0.3) is 0 Å². The molecular formula is C19H26N4O4S2. The molecule has 0 N–H and O–H groups in total. The van der Waals surface area contributed by atoms with Crippen molar-refractivity contribution < 1.29 is 19.1 Å². The van der Waals surface area contributed by atoms with E-state index in [0.717, 1.165) is 22.8 Å². The molecule has 0 unspecified atom stereocenters. The average molecular weight is 439 g/mol. The van der Waals surface area contributed by atoms with Crippen molar-refractivity contribution in [3.05, 3.63) is 29.8 Å². The number of benzene rings is 1. The van der Waals surface area contributed by atoms with Gasteiger partial charge in [0.1, 0.15) is 11.4 Å². The molecule has 0 aliphatic heterocycles. The van der Waals surface area contributed by atoms with Gasteiger partial charge in [-0.3, -0.25) is 4.79 Å². The van der Waals surface area contributed by atoms with Gasteiger partial charge in [0.05, 0.1) is 19.4 Å². The molecule has 2 aromatic rings. The van der Waals surface area contributed by atoms with Crippen LogP contribution in [0.4, 0.5) is 9.93 Å². The number of hydrogen-bond acceptors (Lipinski definition) is 8. The Morgan fingerprint density at radius 1 is 1.17 bits per heavy atom. The van der Waals surface area contributed by atoms with Crippen molar-refractivity contribution in [3.63, 3.8) is 0 Å². The number of hydrogen-bond donors (Lipinski definition) is 0. The van der Waals surface area contributed by atoms with Gasteiger partial charge in [-0.05, 0) is 38.5 Å². The van der Waals surface area contributed by atoms with Crippen molar-refractivity contribution in [2.45, 2.75) is 38.1 Å². The van der Waals surface area contributed by atoms with Crippen LogP contribution in [0.15, 0.2) is 29.4 Å². The van der Waals surface area contributed by atoms with E-state index in [1.807, 2.05) is 45.0 Å². The Kier molecular flexibility index (Phi) is 7.86. The van der Waals surface area contributed by atoms with Crippen LogP contribution in [-0.4, -0.2) is 58.8 Å². The van der Waals surface area contributed by atoms with Crippen LogP contribution >= 0.6 is 23.3 Å². The first-order valence-corrected chi connectivity index (χ1v) is 10.6. The normalized spacial score (nSPS) is 11.1. The van der Waals surface area contributed by atoms with Crippen LogP contribution in [0.1, 0.15) is 26.3 Å². The number of thioether (sulfide) groups is 1. The zero-order chi connectivity index (χ0) is 21.6. The number of carbonyl (C=O) groups is 2. The van der Waals surface area contributed by atoms with Crippen molar-refractivity contribution in [2.24, 2.45) is 0 Å². The van der Waals surface area contributed by atoms with Gasteiger partial charge in [-0.15, -0.1) is 0 Å². The first kappa shape index (κ1) is 23.0. The molecule has 8 nitrogen and oxygen atoms in total. The maximum absolute atomic E-state index is 12.8. The van der Waals surface area contributed by atoms with E-state index < -0.39 is 11.7 Å². The highest BCUT2D eigenvalue weighted by atomic mass is 32.2. The summed E-state index contributed by atoms with van der Waals surface area (Å²) in [5.74, 6) is 0.931. The number of rotatable bonds is 7. The summed E-state index contributed by atoms with van der Waals surface area (Å²) in [7, 11) is 4.99. The lowest BCUT2D eigenvalue weighted by Crippen LogP contribution is -2.36. The maximum atomic E-state index is 12.8. The molecule has 0 radical (unpaired) electrons. The van der Waals surface area contributed by atoms with Gasteiger partial charge in [0.15, 0.2) is 0 Å². The molecule has 0 spiro atoms. The van der Waals surface area contributed by atoms with Gasteiger partial charge in [0.2, 0.25) is 16.2 Å². The molecule has 0 saturated carbocycles. The highest BCUT2D eigenvalue weighted by molar-refractivity contribution is 7.99. The summed E-state index contributed by atoms with van der Waals surface area (Å²) in [4.78, 5) is 32.0. The fraction of sp³-hybridized carbons (Fsp3) is 0.474. The van der Waals surface area contributed by atoms with E-state index in [1.54, 1.807) is 21.2 Å². The average Bonchev–Trinajstić information content (AvgIpc) is 3.11. The maximum Gasteiger partial charge on any atom is 0.417 e. The van der Waals surface area contributed by atoms with Gasteiger partial charge < -0.3 is 14.4 Å². The van der Waals surface area contributed by atoms with E-state index in [-0.39, 0.29) is 18.2 Å². The van der Waals surface area contributed by atoms with Gasteiger partial charge in [0, 0.05) is 25.6 Å². The van der Waals surface area contributed by atoms with Crippen molar-refractivity contribution in [2.75, 3.05) is 31.9 Å². The third-order valence-electron chi connectivity index (χ3n) is 3.56. The molecule has 2 amide bonds. The Morgan fingerprint density at radius 3 is 2.38 bits per heavy atom. The summed E-state index contributed by atoms with van der Waals surface area (Å²) in [6.07, 6.45) is -0.509. The number of aromatic nitrogens is 2. The number of ether oxygens (including phenoxy) is 2. The smallest absolute Gasteiger partial charge is 0.417 e. The monoisotopic (exact) mass is 438 g/mol. The molecule has 0 atom stereocenters. The molecule has 0 bridgehead atoms. The molecular weight excluding hydrogens is 412 g/mol. The standard InChI is InChI=1S/C19H26N4O4S2/c1-19(2,3)27-18(25)23(11-13-7-9-14(26-6)10-8-13)17-20-16(21-29-17)28-12-15(24)22(4)5/h7-10H,11-12H2,1-6H3. The van der Waals surface area contributed by atoms with Crippen LogP contribution in [0.5, 0.6) is 5.75 Å². The number of methoxy groups -OCH3 is 1. The number of carbonyl (C=O) groups excluding carboxylic acids is 2. The predicted octanol–water partition coefficient (Wildman–Crippen LogP) is 3.67. The molecule has 158 valence electrons. The molecule has 0 saturated heterocycles. The van der Waals surface area contributed by atoms with Crippen molar-refractivity contribution in [1.29, 1.82) is 0 Å². The van der Waals surface area contributed by atoms with Gasteiger partial charge in [-0.25, -0.2) is 9.69 Å². The Hall–Kier alpha value is -2.33. The van der Waals surface area contributed by atoms with Crippen LogP contribution in [0.2, 0.25) is 0 Å². The summed E-state index contributed by atoms with van der Waals surface area (Å²) in [5.41, 5.74) is 0.249. The highest BCUT2D eigenvalue weighted by Gasteiger charge is 2.26. The Labute approximate surface area is 179 Å². The van der Waals surface area contributed by atoms with Gasteiger partial charge in [-0.1, -0.05) is 23.9 Å². The van der Waals surface area contributed by atoms with Gasteiger partial charge in [0.25, 0.3) is 0 Å². The summed E-state index contributed by atoms with van der Waals surface area (Å²) < 4.78 is 15.0. The molecule has 1 aromatic heterocycles. The first-order valence-electron chi connectivity index (χ1n) is 8.89. The summed E-state index contributed by atoms with van der Waals surface area (Å²) in [6, 6.07) is 7.42. The quantitative estimate of drug-likeness (QED) is 0.610. The second kappa shape index (κ2) is 9.93. The zero-order valence-corrected chi connectivity index (χ0v) is 19.1. The minimum absolute atomic E-state index is 0.0337. The summed E-state index contributed by atoms with van der Waals surface area (Å²) in [5, 5.41) is 0.860. The van der Waals surface area contributed by atoms with E-state index in [9.17, 15) is 9.59 Å². The molecule has 10 heteroatoms. The summed E-state index contributed by atoms with van der Waals surface area (Å²) in [6.45, 7) is 5.70. The van der Waals surface area contributed by atoms with E-state index in [2.05, 4.69) is 9.36 Å². The summed E-state index contributed by atoms with van der Waals surface area (Å²) >= 11 is 2.33. The van der Waals surface area contributed by atoms with Crippen LogP contribution in [-0.2, 0) is 16.1 Å². The lowest BCUT2D eigenvalue weighted by molar-refractivity contribution is -0.125. The molecule has 0 aliphatic carbocycles. The van der Waals surface area contributed by atoms with E-state index in [4.69, 9.17) is 9.47 Å². The van der Waals surface area contributed by atoms with Gasteiger partial charge in [-0.2, -0.15) is 9.36 Å². The molecule has 2 rings (SSSR count). The number of anilines is 1. The molecule has 0 fully saturated rings. The topological polar surface area (TPSA) is 84.9 Å². The molecule has 1 aromatic carbocycles. The highest BCUT2D eigenvalue weighted by Crippen LogP contribution is 2.27. The minimum atomic E-state index is -0.643. The first-order chi connectivity index (χ1) is 13.6. The van der Waals surface area contributed by atoms with Crippen LogP contribution in [0.3, 0.4) is 0 Å². The Balaban J connectivity index is 2.20. The zero-order valence-electron chi connectivity index (χ0n) is 17.5. The van der Waals surface area contributed by atoms with Crippen molar-refractivity contribution in [3.8, 4) is 5.75 Å². The van der Waals surface area contributed by atoms with Crippen LogP contribution in [0, 0.1) is 0 Å². The lowest BCUT2D eigenvalue weighted by atomic mass is 10.2. The molecule has 1 heterocycles. The van der Waals surface area contributed by atoms with Crippen molar-refractivity contribution in [1.82, 2.24) is 14.3 Å². The Morgan fingerprint density at radius 2 is 1.83 bits per heavy atom. The SMILES string of the molecule is COc1ccc(CN(C(=O)OC(C)(C)C)c2nc(SCC(=O)N(C)C)ns2)cc1. The second-order valence-corrected chi connectivity index (χ2v) is 9.02. The third kappa shape index (κ3) is 7.21. The van der Waals surface area contributed by atoms with Gasteiger partial charge >= 0.3 is 6.09 Å². The minimum Gasteiger partial charge on any atom is -0.497 e. The molecule has 29 heavy (non-hydrogen) atoms. The van der Waals surface area contributed by atoms with Crippen molar-refractivity contribution >= 4 is 40.4 Å². The third-order valence-corrected chi connectivity index (χ3v) is 5.25. The lowest BCUT2D eigenvalue weighted by Gasteiger charge is -2.25. The van der Waals surface area contributed by atoms with E-state index >= 15 is 0 Å². The predicted molar refractivity (Wildman–Crippen MR) is 115 cm³/mol. The fourth-order valence-corrected chi connectivity index (χ4v) is 3.67. The van der Waals surface area contributed by atoms with Crippen LogP contribution < -0.4 is 9.64 Å².